The monoisotopic (exact) mass is 396 g/mol. The fourth-order valence-corrected chi connectivity index (χ4v) is 3.17. The fourth-order valence-electron chi connectivity index (χ4n) is 3.17. The van der Waals surface area contributed by atoms with Gasteiger partial charge < -0.3 is 19.3 Å². The maximum Gasteiger partial charge on any atom is 0.417 e. The summed E-state index contributed by atoms with van der Waals surface area (Å²) in [5.41, 5.74) is 1.63. The summed E-state index contributed by atoms with van der Waals surface area (Å²) < 4.78 is 56.5. The van der Waals surface area contributed by atoms with Crippen molar-refractivity contribution in [3.8, 4) is 0 Å². The van der Waals surface area contributed by atoms with Gasteiger partial charge in [0.25, 0.3) is 0 Å². The highest BCUT2D eigenvalue weighted by Crippen LogP contribution is 2.36. The maximum absolute atomic E-state index is 13.4. The summed E-state index contributed by atoms with van der Waals surface area (Å²) >= 11 is 0. The first-order chi connectivity index (χ1) is 13.3. The first-order valence-corrected chi connectivity index (χ1v) is 9.11. The fraction of sp³-hybridized carbons (Fsp3) is 0.429. The largest absolute Gasteiger partial charge is 0.417 e. The number of hydrogen-bond donors (Lipinski definition) is 1. The Morgan fingerprint density at radius 3 is 2.29 bits per heavy atom. The van der Waals surface area contributed by atoms with Crippen LogP contribution in [0.25, 0.3) is 0 Å². The molecule has 7 heteroatoms. The van der Waals surface area contributed by atoms with E-state index in [1.807, 2.05) is 60.7 Å². The summed E-state index contributed by atoms with van der Waals surface area (Å²) in [6.45, 7) is 1.84. The van der Waals surface area contributed by atoms with Crippen LogP contribution >= 0.6 is 0 Å². The van der Waals surface area contributed by atoms with Gasteiger partial charge in [0.15, 0.2) is 12.4 Å². The summed E-state index contributed by atoms with van der Waals surface area (Å²) in [5.74, 6) is 0. The van der Waals surface area contributed by atoms with Gasteiger partial charge in [0.1, 0.15) is 6.10 Å². The Hall–Kier alpha value is -1.93. The third-order valence-electron chi connectivity index (χ3n) is 4.66. The zero-order valence-corrected chi connectivity index (χ0v) is 15.4. The van der Waals surface area contributed by atoms with E-state index < -0.39 is 36.9 Å². The molecule has 5 atom stereocenters. The van der Waals surface area contributed by atoms with Crippen LogP contribution in [0.3, 0.4) is 0 Å². The molecule has 0 aliphatic carbocycles. The average Bonchev–Trinajstić information content (AvgIpc) is 2.69. The Bertz CT molecular complexity index is 723. The van der Waals surface area contributed by atoms with Crippen LogP contribution in [-0.2, 0) is 20.8 Å². The average molecular weight is 396 g/mol. The molecule has 1 heterocycles. The number of aliphatic hydroxyl groups is 1. The summed E-state index contributed by atoms with van der Waals surface area (Å²) in [4.78, 5) is 0. The predicted molar refractivity (Wildman–Crippen MR) is 96.3 cm³/mol. The molecular formula is C21H23F3O4. The van der Waals surface area contributed by atoms with E-state index in [9.17, 15) is 18.3 Å². The summed E-state index contributed by atoms with van der Waals surface area (Å²) in [6, 6.07) is 18.2. The molecule has 0 bridgehead atoms. The number of hydrogen-bond acceptors (Lipinski definition) is 4. The van der Waals surface area contributed by atoms with Gasteiger partial charge in [0.05, 0.1) is 18.8 Å². The second-order valence-corrected chi connectivity index (χ2v) is 6.78. The molecule has 0 spiro atoms. The molecule has 2 aromatic rings. The summed E-state index contributed by atoms with van der Waals surface area (Å²) in [6.07, 6.45) is -11.6. The van der Waals surface area contributed by atoms with Crippen LogP contribution in [0.2, 0.25) is 0 Å². The van der Waals surface area contributed by atoms with E-state index in [4.69, 9.17) is 14.2 Å². The lowest BCUT2D eigenvalue weighted by molar-refractivity contribution is -0.335. The van der Waals surface area contributed by atoms with Crippen LogP contribution in [0.1, 0.15) is 30.6 Å². The molecule has 0 unspecified atom stereocenters. The molecule has 1 saturated heterocycles. The van der Waals surface area contributed by atoms with Crippen molar-refractivity contribution in [3.05, 3.63) is 71.8 Å². The molecule has 1 aliphatic heterocycles. The van der Waals surface area contributed by atoms with Crippen molar-refractivity contribution < 1.29 is 32.5 Å². The van der Waals surface area contributed by atoms with Crippen molar-refractivity contribution >= 4 is 0 Å². The Kier molecular flexibility index (Phi) is 6.72. The Morgan fingerprint density at radius 2 is 1.68 bits per heavy atom. The standard InChI is InChI=1S/C21H23F3O4/c1-14(16-10-6-3-7-11-16)27-17-12-18(26-13-15-8-4-2-5-9-15)28-20(19(17)25)21(22,23)24/h2-11,14,17-20,25H,12-13H2,1H3/t14-,17+,18+,19-,20-/m1/s1. The van der Waals surface area contributed by atoms with Crippen molar-refractivity contribution in [3.63, 3.8) is 0 Å². The molecule has 0 radical (unpaired) electrons. The molecule has 1 aliphatic rings. The van der Waals surface area contributed by atoms with Crippen LogP contribution < -0.4 is 0 Å². The molecule has 4 nitrogen and oxygen atoms in total. The second-order valence-electron chi connectivity index (χ2n) is 6.78. The van der Waals surface area contributed by atoms with Gasteiger partial charge in [0.2, 0.25) is 0 Å². The van der Waals surface area contributed by atoms with E-state index in [0.717, 1.165) is 11.1 Å². The molecule has 28 heavy (non-hydrogen) atoms. The highest BCUT2D eigenvalue weighted by Gasteiger charge is 2.53. The van der Waals surface area contributed by atoms with Gasteiger partial charge in [-0.1, -0.05) is 60.7 Å². The van der Waals surface area contributed by atoms with Crippen LogP contribution in [0.15, 0.2) is 60.7 Å². The van der Waals surface area contributed by atoms with Gasteiger partial charge in [-0.3, -0.25) is 0 Å². The van der Waals surface area contributed by atoms with Gasteiger partial charge in [-0.25, -0.2) is 0 Å². The Labute approximate surface area is 161 Å². The van der Waals surface area contributed by atoms with Crippen molar-refractivity contribution in [2.45, 2.75) is 56.8 Å². The second kappa shape index (κ2) is 9.05. The topological polar surface area (TPSA) is 47.9 Å². The maximum atomic E-state index is 13.4. The quantitative estimate of drug-likeness (QED) is 0.787. The van der Waals surface area contributed by atoms with Crippen LogP contribution in [0.4, 0.5) is 13.2 Å². The number of rotatable bonds is 6. The number of aliphatic hydroxyl groups excluding tert-OH is 1. The van der Waals surface area contributed by atoms with Crippen LogP contribution in [0, 0.1) is 0 Å². The molecule has 0 saturated carbocycles. The minimum atomic E-state index is -4.73. The molecular weight excluding hydrogens is 373 g/mol. The summed E-state index contributed by atoms with van der Waals surface area (Å²) in [5, 5.41) is 10.2. The molecule has 1 N–H and O–H groups in total. The highest BCUT2D eigenvalue weighted by molar-refractivity contribution is 5.17. The van der Waals surface area contributed by atoms with Gasteiger partial charge in [-0.15, -0.1) is 0 Å². The lowest BCUT2D eigenvalue weighted by Crippen LogP contribution is -2.56. The van der Waals surface area contributed by atoms with E-state index in [1.165, 1.54) is 0 Å². The minimum Gasteiger partial charge on any atom is -0.387 e. The minimum absolute atomic E-state index is 0.00223. The third-order valence-corrected chi connectivity index (χ3v) is 4.66. The zero-order chi connectivity index (χ0) is 20.1. The van der Waals surface area contributed by atoms with Crippen molar-refractivity contribution in [1.82, 2.24) is 0 Å². The van der Waals surface area contributed by atoms with E-state index in [1.54, 1.807) is 6.92 Å². The number of halogens is 3. The molecule has 152 valence electrons. The molecule has 1 fully saturated rings. The lowest BCUT2D eigenvalue weighted by Gasteiger charge is -2.40. The van der Waals surface area contributed by atoms with E-state index >= 15 is 0 Å². The zero-order valence-electron chi connectivity index (χ0n) is 15.4. The smallest absolute Gasteiger partial charge is 0.387 e. The van der Waals surface area contributed by atoms with Crippen molar-refractivity contribution in [2.24, 2.45) is 0 Å². The highest BCUT2D eigenvalue weighted by atomic mass is 19.4. The third kappa shape index (κ3) is 5.32. The Balaban J connectivity index is 1.70. The first-order valence-electron chi connectivity index (χ1n) is 9.11. The van der Waals surface area contributed by atoms with Crippen molar-refractivity contribution in [1.29, 1.82) is 0 Å². The molecule has 0 amide bonds. The van der Waals surface area contributed by atoms with E-state index in [0.29, 0.717) is 0 Å². The molecule has 2 aromatic carbocycles. The van der Waals surface area contributed by atoms with Gasteiger partial charge in [-0.05, 0) is 18.1 Å². The first kappa shape index (κ1) is 20.8. The van der Waals surface area contributed by atoms with E-state index in [2.05, 4.69) is 0 Å². The number of ether oxygens (including phenoxy) is 3. The van der Waals surface area contributed by atoms with E-state index in [-0.39, 0.29) is 13.0 Å². The lowest BCUT2D eigenvalue weighted by atomic mass is 10.00. The van der Waals surface area contributed by atoms with Crippen molar-refractivity contribution in [2.75, 3.05) is 0 Å². The normalized spacial score (nSPS) is 26.8. The van der Waals surface area contributed by atoms with Crippen LogP contribution in [0.5, 0.6) is 0 Å². The van der Waals surface area contributed by atoms with Gasteiger partial charge in [0, 0.05) is 6.42 Å². The predicted octanol–water partition coefficient (Wildman–Crippen LogP) is 4.39. The van der Waals surface area contributed by atoms with Crippen LogP contribution in [-0.4, -0.2) is 35.9 Å². The van der Waals surface area contributed by atoms with Gasteiger partial charge >= 0.3 is 6.18 Å². The number of alkyl halides is 3. The Morgan fingerprint density at radius 1 is 1.07 bits per heavy atom. The molecule has 3 rings (SSSR count). The number of benzene rings is 2. The SMILES string of the molecule is C[C@@H](O[C@H]1C[C@@H](OCc2ccccc2)O[C@@H](C(F)(F)F)[C@@H]1O)c1ccccc1. The molecule has 0 aromatic heterocycles. The van der Waals surface area contributed by atoms with Gasteiger partial charge in [-0.2, -0.15) is 13.2 Å². The summed E-state index contributed by atoms with van der Waals surface area (Å²) in [7, 11) is 0.